The molecule has 0 radical (unpaired) electrons. The number of alkyl halides is 1. The van der Waals surface area contributed by atoms with Gasteiger partial charge in [-0.15, -0.1) is 0 Å². The van der Waals surface area contributed by atoms with Gasteiger partial charge in [0.15, 0.2) is 17.4 Å². The van der Waals surface area contributed by atoms with E-state index in [-0.39, 0.29) is 16.5 Å². The summed E-state index contributed by atoms with van der Waals surface area (Å²) < 4.78 is 76.7. The Bertz CT molecular complexity index is 870. The van der Waals surface area contributed by atoms with E-state index in [1.165, 1.54) is 12.1 Å². The van der Waals surface area contributed by atoms with Crippen LogP contribution in [0.25, 0.3) is 11.1 Å². The van der Waals surface area contributed by atoms with Gasteiger partial charge in [-0.3, -0.25) is 0 Å². The summed E-state index contributed by atoms with van der Waals surface area (Å²) in [5.41, 5.74) is 0.0429. The Balaban J connectivity index is 1.62. The van der Waals surface area contributed by atoms with Crippen molar-refractivity contribution in [1.82, 2.24) is 0 Å². The average molecular weight is 412 g/mol. The maximum Gasteiger partial charge on any atom is 0.312 e. The van der Waals surface area contributed by atoms with Crippen LogP contribution in [0.1, 0.15) is 25.3 Å². The van der Waals surface area contributed by atoms with Gasteiger partial charge in [-0.05, 0) is 30.2 Å². The Morgan fingerprint density at radius 3 is 2.07 bits per heavy atom. The van der Waals surface area contributed by atoms with Crippen LogP contribution < -0.4 is 4.74 Å². The summed E-state index contributed by atoms with van der Waals surface area (Å²) in [7, 11) is 0. The molecule has 2 aromatic rings. The molecule has 0 amide bonds. The molecule has 0 saturated carbocycles. The third kappa shape index (κ3) is 3.49. The van der Waals surface area contributed by atoms with Crippen LogP contribution in [-0.2, 0) is 20.2 Å². The lowest BCUT2D eigenvalue weighted by Crippen LogP contribution is -2.58. The van der Waals surface area contributed by atoms with Crippen molar-refractivity contribution in [3.63, 3.8) is 0 Å². The first-order valence-electron chi connectivity index (χ1n) is 9.32. The van der Waals surface area contributed by atoms with Crippen molar-refractivity contribution >= 4 is 0 Å². The van der Waals surface area contributed by atoms with Crippen LogP contribution in [0.5, 0.6) is 5.75 Å². The zero-order valence-electron chi connectivity index (χ0n) is 15.8. The number of rotatable bonds is 6. The Labute approximate surface area is 165 Å². The van der Waals surface area contributed by atoms with Gasteiger partial charge in [0.25, 0.3) is 0 Å². The average Bonchev–Trinajstić information content (AvgIpc) is 2.72. The van der Waals surface area contributed by atoms with E-state index in [0.29, 0.717) is 25.4 Å². The third-order valence-electron chi connectivity index (χ3n) is 5.32. The summed E-state index contributed by atoms with van der Waals surface area (Å²) in [5, 5.41) is 0. The molecule has 0 atom stereocenters. The summed E-state index contributed by atoms with van der Waals surface area (Å²) in [5.74, 6) is -5.31. The Hall–Kier alpha value is -2.16. The molecular formula is C21H20F4O4. The zero-order valence-corrected chi connectivity index (χ0v) is 15.8. The Morgan fingerprint density at radius 2 is 1.55 bits per heavy atom. The summed E-state index contributed by atoms with van der Waals surface area (Å²) in [6, 6.07) is 5.82. The van der Waals surface area contributed by atoms with Crippen molar-refractivity contribution in [3.8, 4) is 16.9 Å². The van der Waals surface area contributed by atoms with E-state index in [0.717, 1.165) is 31.0 Å². The highest BCUT2D eigenvalue weighted by atomic mass is 19.1. The van der Waals surface area contributed by atoms with Crippen molar-refractivity contribution in [1.29, 1.82) is 0 Å². The van der Waals surface area contributed by atoms with Crippen LogP contribution in [0, 0.1) is 22.9 Å². The minimum Gasteiger partial charge on any atom is -0.457 e. The fourth-order valence-electron chi connectivity index (χ4n) is 3.84. The van der Waals surface area contributed by atoms with Crippen molar-refractivity contribution < 1.29 is 36.5 Å². The van der Waals surface area contributed by atoms with E-state index in [1.54, 1.807) is 0 Å². The standard InChI is InChI=1S/C21H20F4O4/c1-2-5-20-9-27-21(28-10-20,29-11-20)14-3-4-15(16(23)8-14)13-6-17(24)19(26-12-22)18(25)7-13/h3-4,6-8H,2,5,9-12H2,1H3. The second-order valence-corrected chi connectivity index (χ2v) is 7.39. The van der Waals surface area contributed by atoms with Crippen LogP contribution >= 0.6 is 0 Å². The largest absolute Gasteiger partial charge is 0.457 e. The van der Waals surface area contributed by atoms with E-state index < -0.39 is 36.0 Å². The van der Waals surface area contributed by atoms with Crippen LogP contribution in [0.2, 0.25) is 0 Å². The highest BCUT2D eigenvalue weighted by Gasteiger charge is 2.53. The first-order chi connectivity index (χ1) is 13.9. The molecule has 8 heteroatoms. The monoisotopic (exact) mass is 412 g/mol. The molecule has 3 heterocycles. The molecule has 4 nitrogen and oxygen atoms in total. The summed E-state index contributed by atoms with van der Waals surface area (Å²) in [4.78, 5) is 0. The molecule has 29 heavy (non-hydrogen) atoms. The predicted octanol–water partition coefficient (Wildman–Crippen LogP) is 5.05. The Kier molecular flexibility index (Phi) is 5.27. The molecule has 0 spiro atoms. The summed E-state index contributed by atoms with van der Waals surface area (Å²) in [6.45, 7) is 2.02. The third-order valence-corrected chi connectivity index (χ3v) is 5.32. The van der Waals surface area contributed by atoms with Crippen molar-refractivity contribution in [2.75, 3.05) is 26.7 Å². The maximum atomic E-state index is 14.8. The topological polar surface area (TPSA) is 36.9 Å². The summed E-state index contributed by atoms with van der Waals surface area (Å²) in [6.07, 6.45) is 1.87. The second-order valence-electron chi connectivity index (χ2n) is 7.39. The number of halogens is 4. The molecule has 2 aromatic carbocycles. The van der Waals surface area contributed by atoms with Gasteiger partial charge in [0.2, 0.25) is 6.86 Å². The second kappa shape index (κ2) is 7.59. The molecule has 0 aliphatic carbocycles. The first-order valence-corrected chi connectivity index (χ1v) is 9.32. The normalized spacial score (nSPS) is 26.0. The molecule has 5 rings (SSSR count). The molecule has 0 unspecified atom stereocenters. The number of hydrogen-bond donors (Lipinski definition) is 0. The van der Waals surface area contributed by atoms with Gasteiger partial charge < -0.3 is 18.9 Å². The lowest BCUT2D eigenvalue weighted by molar-refractivity contribution is -0.480. The van der Waals surface area contributed by atoms with Gasteiger partial charge in [0, 0.05) is 16.5 Å². The number of benzene rings is 2. The Morgan fingerprint density at radius 1 is 0.931 bits per heavy atom. The van der Waals surface area contributed by atoms with Gasteiger partial charge >= 0.3 is 5.97 Å². The maximum absolute atomic E-state index is 14.8. The number of hydrogen-bond acceptors (Lipinski definition) is 4. The fraction of sp³-hybridized carbons (Fsp3) is 0.429. The smallest absolute Gasteiger partial charge is 0.312 e. The van der Waals surface area contributed by atoms with Crippen molar-refractivity contribution in [2.24, 2.45) is 5.41 Å². The van der Waals surface area contributed by atoms with Gasteiger partial charge in [-0.2, -0.15) is 0 Å². The van der Waals surface area contributed by atoms with Crippen LogP contribution in [0.3, 0.4) is 0 Å². The molecule has 0 aromatic heterocycles. The zero-order chi connectivity index (χ0) is 20.6. The lowest BCUT2D eigenvalue weighted by atomic mass is 9.83. The molecular weight excluding hydrogens is 392 g/mol. The highest BCUT2D eigenvalue weighted by Crippen LogP contribution is 2.46. The molecule has 3 aliphatic heterocycles. The number of fused-ring (bicyclic) bond motifs is 3. The minimum absolute atomic E-state index is 0.0401. The number of ether oxygens (including phenoxy) is 4. The summed E-state index contributed by atoms with van der Waals surface area (Å²) >= 11 is 0. The van der Waals surface area contributed by atoms with Crippen molar-refractivity contribution in [3.05, 3.63) is 53.3 Å². The molecule has 2 bridgehead atoms. The molecule has 3 aliphatic rings. The molecule has 156 valence electrons. The molecule has 3 fully saturated rings. The van der Waals surface area contributed by atoms with E-state index in [1.807, 2.05) is 0 Å². The van der Waals surface area contributed by atoms with Gasteiger partial charge in [0.05, 0.1) is 19.8 Å². The lowest BCUT2D eigenvalue weighted by Gasteiger charge is -2.51. The fourth-order valence-corrected chi connectivity index (χ4v) is 3.84. The SMILES string of the molecule is CCCC12COC(c3ccc(-c4cc(F)c(OCF)c(F)c4)c(F)c3)(OC1)OC2. The molecule has 0 N–H and O–H groups in total. The van der Waals surface area contributed by atoms with Crippen LogP contribution in [0.15, 0.2) is 30.3 Å². The van der Waals surface area contributed by atoms with Crippen molar-refractivity contribution in [2.45, 2.75) is 25.7 Å². The van der Waals surface area contributed by atoms with Gasteiger partial charge in [-0.1, -0.05) is 25.5 Å². The molecule has 3 saturated heterocycles. The minimum atomic E-state index is -1.48. The van der Waals surface area contributed by atoms with Crippen LogP contribution in [-0.4, -0.2) is 26.7 Å². The van der Waals surface area contributed by atoms with E-state index in [2.05, 4.69) is 11.7 Å². The van der Waals surface area contributed by atoms with Gasteiger partial charge in [-0.25, -0.2) is 17.6 Å². The van der Waals surface area contributed by atoms with E-state index >= 15 is 0 Å². The van der Waals surface area contributed by atoms with Crippen LogP contribution in [0.4, 0.5) is 17.6 Å². The first kappa shape index (κ1) is 20.1. The quantitative estimate of drug-likeness (QED) is 0.623. The van der Waals surface area contributed by atoms with E-state index in [4.69, 9.17) is 14.2 Å². The highest BCUT2D eigenvalue weighted by molar-refractivity contribution is 5.66. The predicted molar refractivity (Wildman–Crippen MR) is 95.2 cm³/mol. The van der Waals surface area contributed by atoms with E-state index in [9.17, 15) is 17.6 Å². The van der Waals surface area contributed by atoms with Gasteiger partial charge in [0.1, 0.15) is 5.82 Å².